The molecule has 0 saturated heterocycles. The predicted molar refractivity (Wildman–Crippen MR) is 50.0 cm³/mol. The average Bonchev–Trinajstić information content (AvgIpc) is 1.98. The maximum absolute atomic E-state index is 9.44. The molecule has 0 heterocycles. The topological polar surface area (TPSA) is 55.5 Å². The largest absolute Gasteiger partial charge is 0.386 e. The van der Waals surface area contributed by atoms with Crippen LogP contribution in [0, 0.1) is 5.92 Å². The van der Waals surface area contributed by atoms with Gasteiger partial charge in [0.05, 0.1) is 12.2 Å². The fraction of sp³-hybridized carbons (Fsp3) is 1.00. The van der Waals surface area contributed by atoms with E-state index in [4.69, 9.17) is 10.5 Å². The van der Waals surface area contributed by atoms with E-state index in [1.807, 2.05) is 0 Å². The van der Waals surface area contributed by atoms with Crippen LogP contribution in [-0.2, 0) is 4.74 Å². The van der Waals surface area contributed by atoms with E-state index in [1.165, 1.54) is 0 Å². The Morgan fingerprint density at radius 2 is 2.08 bits per heavy atom. The zero-order valence-electron chi connectivity index (χ0n) is 8.34. The van der Waals surface area contributed by atoms with Gasteiger partial charge in [0.15, 0.2) is 0 Å². The van der Waals surface area contributed by atoms with Gasteiger partial charge in [-0.3, -0.25) is 0 Å². The summed E-state index contributed by atoms with van der Waals surface area (Å²) in [7, 11) is 0. The molecule has 0 aliphatic carbocycles. The Morgan fingerprint density at radius 1 is 1.50 bits per heavy atom. The van der Waals surface area contributed by atoms with E-state index in [2.05, 4.69) is 13.8 Å². The van der Waals surface area contributed by atoms with Gasteiger partial charge in [0.1, 0.15) is 0 Å². The zero-order valence-corrected chi connectivity index (χ0v) is 8.34. The van der Waals surface area contributed by atoms with Crippen molar-refractivity contribution in [1.82, 2.24) is 0 Å². The first-order valence-corrected chi connectivity index (χ1v) is 4.48. The molecule has 0 radical (unpaired) electrons. The highest BCUT2D eigenvalue weighted by Gasteiger charge is 2.17. The minimum Gasteiger partial charge on any atom is -0.386 e. The third kappa shape index (κ3) is 6.58. The Morgan fingerprint density at radius 3 is 2.50 bits per heavy atom. The highest BCUT2D eigenvalue weighted by Crippen LogP contribution is 2.03. The molecular formula is C9H21NO2. The molecule has 0 aromatic rings. The Bertz CT molecular complexity index is 113. The molecule has 0 amide bonds. The van der Waals surface area contributed by atoms with Crippen molar-refractivity contribution < 1.29 is 9.84 Å². The summed E-state index contributed by atoms with van der Waals surface area (Å²) in [5.74, 6) is 0.646. The van der Waals surface area contributed by atoms with Crippen LogP contribution in [0.25, 0.3) is 0 Å². The number of aliphatic hydroxyl groups is 1. The van der Waals surface area contributed by atoms with Crippen LogP contribution in [0.1, 0.15) is 27.2 Å². The Hall–Kier alpha value is -0.120. The molecule has 0 aromatic heterocycles. The molecule has 0 saturated carbocycles. The van der Waals surface area contributed by atoms with E-state index < -0.39 is 5.60 Å². The summed E-state index contributed by atoms with van der Waals surface area (Å²) in [6, 6.07) is 0. The third-order valence-electron chi connectivity index (χ3n) is 1.69. The number of rotatable bonds is 6. The fourth-order valence-corrected chi connectivity index (χ4v) is 0.670. The molecule has 0 rings (SSSR count). The summed E-state index contributed by atoms with van der Waals surface area (Å²) in [4.78, 5) is 0. The van der Waals surface area contributed by atoms with Crippen molar-refractivity contribution in [2.75, 3.05) is 19.8 Å². The molecular weight excluding hydrogens is 154 g/mol. The summed E-state index contributed by atoms with van der Waals surface area (Å²) < 4.78 is 5.27. The molecule has 0 aliphatic rings. The molecule has 0 bridgehead atoms. The van der Waals surface area contributed by atoms with Gasteiger partial charge in [0, 0.05) is 13.2 Å². The van der Waals surface area contributed by atoms with Crippen LogP contribution in [0.2, 0.25) is 0 Å². The van der Waals surface area contributed by atoms with Crippen LogP contribution < -0.4 is 5.73 Å². The lowest BCUT2D eigenvalue weighted by atomic mass is 10.1. The molecule has 0 spiro atoms. The van der Waals surface area contributed by atoms with Gasteiger partial charge in [-0.2, -0.15) is 0 Å². The Kier molecular flexibility index (Phi) is 5.46. The highest BCUT2D eigenvalue weighted by molar-refractivity contribution is 4.71. The molecule has 1 unspecified atom stereocenters. The van der Waals surface area contributed by atoms with Crippen molar-refractivity contribution in [2.24, 2.45) is 11.7 Å². The third-order valence-corrected chi connectivity index (χ3v) is 1.69. The second-order valence-electron chi connectivity index (χ2n) is 3.94. The molecule has 0 fully saturated rings. The lowest BCUT2D eigenvalue weighted by molar-refractivity contribution is -0.0293. The monoisotopic (exact) mass is 175 g/mol. The average molecular weight is 175 g/mol. The van der Waals surface area contributed by atoms with E-state index in [9.17, 15) is 5.11 Å². The molecule has 3 nitrogen and oxygen atoms in total. The van der Waals surface area contributed by atoms with Gasteiger partial charge in [-0.15, -0.1) is 0 Å². The standard InChI is InChI=1S/C9H21NO2/c1-8(2)4-5-12-7-9(3,11)6-10/h8,11H,4-7,10H2,1-3H3. The van der Waals surface area contributed by atoms with Gasteiger partial charge in [-0.25, -0.2) is 0 Å². The van der Waals surface area contributed by atoms with E-state index >= 15 is 0 Å². The molecule has 1 atom stereocenters. The van der Waals surface area contributed by atoms with Gasteiger partial charge in [-0.1, -0.05) is 13.8 Å². The molecule has 3 N–H and O–H groups in total. The van der Waals surface area contributed by atoms with Crippen molar-refractivity contribution in [3.8, 4) is 0 Å². The van der Waals surface area contributed by atoms with Gasteiger partial charge < -0.3 is 15.6 Å². The predicted octanol–water partition coefficient (Wildman–Crippen LogP) is 0.759. The molecule has 74 valence electrons. The minimum atomic E-state index is -0.864. The van der Waals surface area contributed by atoms with Crippen LogP contribution in [0.5, 0.6) is 0 Å². The Balaban J connectivity index is 3.31. The smallest absolute Gasteiger partial charge is 0.0973 e. The summed E-state index contributed by atoms with van der Waals surface area (Å²) in [6.45, 7) is 7.25. The summed E-state index contributed by atoms with van der Waals surface area (Å²) in [5.41, 5.74) is 4.45. The minimum absolute atomic E-state index is 0.245. The Labute approximate surface area is 74.9 Å². The van der Waals surface area contributed by atoms with Gasteiger partial charge in [0.2, 0.25) is 0 Å². The van der Waals surface area contributed by atoms with Crippen molar-refractivity contribution in [1.29, 1.82) is 0 Å². The fourth-order valence-electron chi connectivity index (χ4n) is 0.670. The van der Waals surface area contributed by atoms with E-state index in [0.717, 1.165) is 6.42 Å². The van der Waals surface area contributed by atoms with Crippen molar-refractivity contribution in [3.63, 3.8) is 0 Å². The van der Waals surface area contributed by atoms with Crippen LogP contribution in [0.15, 0.2) is 0 Å². The molecule has 12 heavy (non-hydrogen) atoms. The zero-order chi connectivity index (χ0) is 9.61. The second kappa shape index (κ2) is 5.51. The van der Waals surface area contributed by atoms with Crippen molar-refractivity contribution in [2.45, 2.75) is 32.8 Å². The molecule has 0 aliphatic heterocycles. The first kappa shape index (κ1) is 11.9. The molecule has 0 aromatic carbocycles. The van der Waals surface area contributed by atoms with Crippen LogP contribution in [0.4, 0.5) is 0 Å². The summed E-state index contributed by atoms with van der Waals surface area (Å²) in [6.07, 6.45) is 1.03. The second-order valence-corrected chi connectivity index (χ2v) is 3.94. The number of ether oxygens (including phenoxy) is 1. The summed E-state index contributed by atoms with van der Waals surface area (Å²) in [5, 5.41) is 9.44. The van der Waals surface area contributed by atoms with Gasteiger partial charge in [-0.05, 0) is 19.3 Å². The van der Waals surface area contributed by atoms with Gasteiger partial charge in [0.25, 0.3) is 0 Å². The van der Waals surface area contributed by atoms with E-state index in [1.54, 1.807) is 6.92 Å². The maximum Gasteiger partial charge on any atom is 0.0973 e. The maximum atomic E-state index is 9.44. The van der Waals surface area contributed by atoms with Crippen LogP contribution in [-0.4, -0.2) is 30.5 Å². The number of nitrogens with two attached hydrogens (primary N) is 1. The number of hydrogen-bond donors (Lipinski definition) is 2. The van der Waals surface area contributed by atoms with Crippen LogP contribution in [0.3, 0.4) is 0 Å². The number of hydrogen-bond acceptors (Lipinski definition) is 3. The highest BCUT2D eigenvalue weighted by atomic mass is 16.5. The quantitative estimate of drug-likeness (QED) is 0.586. The van der Waals surface area contributed by atoms with Gasteiger partial charge >= 0.3 is 0 Å². The summed E-state index contributed by atoms with van der Waals surface area (Å²) >= 11 is 0. The van der Waals surface area contributed by atoms with Crippen LogP contribution >= 0.6 is 0 Å². The van der Waals surface area contributed by atoms with E-state index in [0.29, 0.717) is 19.1 Å². The SMILES string of the molecule is CC(C)CCOCC(C)(O)CN. The van der Waals surface area contributed by atoms with E-state index in [-0.39, 0.29) is 6.54 Å². The first-order chi connectivity index (χ1) is 5.48. The lowest BCUT2D eigenvalue weighted by Gasteiger charge is -2.20. The molecule has 3 heteroatoms. The van der Waals surface area contributed by atoms with Crippen molar-refractivity contribution >= 4 is 0 Å². The normalized spacial score (nSPS) is 16.5. The first-order valence-electron chi connectivity index (χ1n) is 4.48. The van der Waals surface area contributed by atoms with Crippen molar-refractivity contribution in [3.05, 3.63) is 0 Å². The lowest BCUT2D eigenvalue weighted by Crippen LogP contribution is -2.39.